The Labute approximate surface area is 244 Å². The highest BCUT2D eigenvalue weighted by Crippen LogP contribution is 2.32. The Bertz CT molecular complexity index is 1460. The zero-order valence-electron chi connectivity index (χ0n) is 22.3. The van der Waals surface area contributed by atoms with E-state index in [-0.39, 0.29) is 52.6 Å². The Kier molecular flexibility index (Phi) is 10.3. The molecule has 0 unspecified atom stereocenters. The number of rotatable bonds is 12. The summed E-state index contributed by atoms with van der Waals surface area (Å²) in [7, 11) is -3.59. The highest BCUT2D eigenvalue weighted by atomic mass is 35.5. The molecule has 3 rings (SSSR count). The van der Waals surface area contributed by atoms with E-state index in [9.17, 15) is 28.5 Å². The minimum Gasteiger partial charge on any atom is -0.506 e. The van der Waals surface area contributed by atoms with Crippen LogP contribution in [-0.2, 0) is 34.2 Å². The van der Waals surface area contributed by atoms with Crippen molar-refractivity contribution in [2.75, 3.05) is 17.5 Å². The smallest absolute Gasteiger partial charge is 0.229 e. The molecule has 6 N–H and O–H groups in total. The molecule has 0 aliphatic carbocycles. The first-order valence-corrected chi connectivity index (χ1v) is 15.0. The first kappa shape index (κ1) is 31.5. The van der Waals surface area contributed by atoms with Crippen LogP contribution in [0.2, 0.25) is 10.0 Å². The Morgan fingerprint density at radius 2 is 1.62 bits per heavy atom. The monoisotopic (exact) mass is 609 g/mol. The molecule has 0 fully saturated rings. The fourth-order valence-electron chi connectivity index (χ4n) is 4.12. The van der Waals surface area contributed by atoms with Crippen molar-refractivity contribution in [1.29, 1.82) is 0 Å². The van der Waals surface area contributed by atoms with Gasteiger partial charge >= 0.3 is 0 Å². The van der Waals surface area contributed by atoms with E-state index < -0.39 is 21.7 Å². The predicted octanol–water partition coefficient (Wildman–Crippen LogP) is 4.28. The standard InChI is InChI=1S/C28H33Cl2N3O6S/c1-28(2,32-16-25(35)20-7-8-24(34)23(13-20)33-40(3,38)39)14-18-6-4-5-17(9-18)12-26(36)31-15-19-10-21(29)27(37)22(30)11-19/h4-11,13,25,32-35,37H,12,14-16H2,1-3H3,(H,31,36)/t25-/m1/s1. The van der Waals surface area contributed by atoms with Crippen molar-refractivity contribution in [1.82, 2.24) is 10.6 Å². The van der Waals surface area contributed by atoms with Crippen LogP contribution in [0.1, 0.15) is 42.2 Å². The Morgan fingerprint density at radius 3 is 2.27 bits per heavy atom. The number of halogens is 2. The number of hydrogen-bond acceptors (Lipinski definition) is 7. The van der Waals surface area contributed by atoms with Crippen molar-refractivity contribution >= 4 is 44.8 Å². The molecule has 0 saturated carbocycles. The molecule has 0 bridgehead atoms. The number of β-amino-alcohol motifs (C(OH)–C–C–N with tert-alkyl or cyclic N) is 1. The average molecular weight is 611 g/mol. The van der Waals surface area contributed by atoms with E-state index in [1.807, 2.05) is 38.1 Å². The Morgan fingerprint density at radius 1 is 0.975 bits per heavy atom. The van der Waals surface area contributed by atoms with Crippen molar-refractivity contribution in [2.45, 2.75) is 44.9 Å². The van der Waals surface area contributed by atoms with Crippen LogP contribution < -0.4 is 15.4 Å². The zero-order valence-corrected chi connectivity index (χ0v) is 24.7. The van der Waals surface area contributed by atoms with Gasteiger partial charge in [0.05, 0.1) is 34.5 Å². The lowest BCUT2D eigenvalue weighted by Crippen LogP contribution is -2.43. The summed E-state index contributed by atoms with van der Waals surface area (Å²) in [4.78, 5) is 12.5. The summed E-state index contributed by atoms with van der Waals surface area (Å²) in [6.07, 6.45) is 0.806. The van der Waals surface area contributed by atoms with Gasteiger partial charge in [-0.05, 0) is 66.8 Å². The number of aliphatic hydroxyl groups is 1. The van der Waals surface area contributed by atoms with Crippen LogP contribution in [0.4, 0.5) is 5.69 Å². The molecule has 0 spiro atoms. The van der Waals surface area contributed by atoms with Gasteiger partial charge in [0.1, 0.15) is 5.75 Å². The number of sulfonamides is 1. The van der Waals surface area contributed by atoms with Crippen LogP contribution in [0.3, 0.4) is 0 Å². The predicted molar refractivity (Wildman–Crippen MR) is 157 cm³/mol. The molecule has 12 heteroatoms. The van der Waals surface area contributed by atoms with E-state index in [0.717, 1.165) is 17.4 Å². The summed E-state index contributed by atoms with van der Waals surface area (Å²) in [5, 5.41) is 36.7. The molecule has 216 valence electrons. The normalized spacial score (nSPS) is 12.7. The molecule has 1 atom stereocenters. The summed E-state index contributed by atoms with van der Waals surface area (Å²) < 4.78 is 25.3. The van der Waals surface area contributed by atoms with Crippen LogP contribution in [-0.4, -0.2) is 48.0 Å². The van der Waals surface area contributed by atoms with Gasteiger partial charge in [-0.2, -0.15) is 0 Å². The molecule has 0 saturated heterocycles. The van der Waals surface area contributed by atoms with E-state index in [0.29, 0.717) is 17.5 Å². The molecule has 0 aromatic heterocycles. The van der Waals surface area contributed by atoms with E-state index in [2.05, 4.69) is 15.4 Å². The van der Waals surface area contributed by atoms with Crippen molar-refractivity contribution in [3.05, 3.63) is 86.9 Å². The third-order valence-electron chi connectivity index (χ3n) is 6.04. The molecule has 0 aliphatic heterocycles. The van der Waals surface area contributed by atoms with Gasteiger partial charge in [0.2, 0.25) is 15.9 Å². The van der Waals surface area contributed by atoms with Crippen molar-refractivity contribution in [3.63, 3.8) is 0 Å². The summed E-state index contributed by atoms with van der Waals surface area (Å²) in [6.45, 7) is 4.37. The largest absolute Gasteiger partial charge is 0.506 e. The van der Waals surface area contributed by atoms with Gasteiger partial charge < -0.3 is 26.0 Å². The van der Waals surface area contributed by atoms with Gasteiger partial charge in [-0.15, -0.1) is 0 Å². The number of nitrogens with one attached hydrogen (secondary N) is 3. The number of aromatic hydroxyl groups is 2. The van der Waals surface area contributed by atoms with Gasteiger partial charge in [-0.3, -0.25) is 9.52 Å². The maximum absolute atomic E-state index is 12.5. The number of aliphatic hydroxyl groups excluding tert-OH is 1. The lowest BCUT2D eigenvalue weighted by molar-refractivity contribution is -0.120. The van der Waals surface area contributed by atoms with Crippen LogP contribution >= 0.6 is 23.2 Å². The highest BCUT2D eigenvalue weighted by molar-refractivity contribution is 7.92. The number of carbonyl (C=O) groups is 1. The summed E-state index contributed by atoms with van der Waals surface area (Å²) in [5.74, 6) is -0.618. The molecule has 0 aliphatic rings. The minimum atomic E-state index is -3.59. The maximum Gasteiger partial charge on any atom is 0.229 e. The number of phenols is 2. The number of anilines is 1. The molecule has 40 heavy (non-hydrogen) atoms. The second-order valence-corrected chi connectivity index (χ2v) is 12.9. The molecule has 1 amide bonds. The molecule has 3 aromatic rings. The lowest BCUT2D eigenvalue weighted by Gasteiger charge is -2.28. The third-order valence-corrected chi connectivity index (χ3v) is 7.21. The number of hydrogen-bond donors (Lipinski definition) is 6. The molecular formula is C28H33Cl2N3O6S. The van der Waals surface area contributed by atoms with Crippen LogP contribution in [0.25, 0.3) is 0 Å². The fourth-order valence-corrected chi connectivity index (χ4v) is 5.22. The maximum atomic E-state index is 12.5. The second-order valence-electron chi connectivity index (χ2n) is 10.3. The van der Waals surface area contributed by atoms with Crippen LogP contribution in [0.15, 0.2) is 54.6 Å². The first-order chi connectivity index (χ1) is 18.6. The molecule has 0 heterocycles. The van der Waals surface area contributed by atoms with E-state index in [1.54, 1.807) is 12.1 Å². The lowest BCUT2D eigenvalue weighted by atomic mass is 9.93. The molecule has 3 aromatic carbocycles. The Balaban J connectivity index is 1.56. The van der Waals surface area contributed by atoms with Crippen molar-refractivity contribution in [2.24, 2.45) is 0 Å². The number of amides is 1. The SMILES string of the molecule is CC(C)(Cc1cccc(CC(=O)NCc2cc(Cl)c(O)c(Cl)c2)c1)NC[C@@H](O)c1ccc(O)c(NS(C)(=O)=O)c1. The van der Waals surface area contributed by atoms with E-state index in [4.69, 9.17) is 23.2 Å². The van der Waals surface area contributed by atoms with Crippen LogP contribution in [0, 0.1) is 0 Å². The van der Waals surface area contributed by atoms with E-state index >= 15 is 0 Å². The molecule has 9 nitrogen and oxygen atoms in total. The van der Waals surface area contributed by atoms with Gasteiger partial charge in [0.15, 0.2) is 5.75 Å². The Hall–Kier alpha value is -3.02. The van der Waals surface area contributed by atoms with Gasteiger partial charge in [-0.1, -0.05) is 53.5 Å². The average Bonchev–Trinajstić information content (AvgIpc) is 2.85. The quantitative estimate of drug-likeness (QED) is 0.168. The zero-order chi connectivity index (χ0) is 29.7. The van der Waals surface area contributed by atoms with Gasteiger partial charge in [0, 0.05) is 18.6 Å². The summed E-state index contributed by atoms with van der Waals surface area (Å²) >= 11 is 11.9. The van der Waals surface area contributed by atoms with Gasteiger partial charge in [0.25, 0.3) is 0 Å². The number of benzene rings is 3. The molecular weight excluding hydrogens is 577 g/mol. The fraction of sp³-hybridized carbons (Fsp3) is 0.321. The first-order valence-electron chi connectivity index (χ1n) is 12.4. The summed E-state index contributed by atoms with van der Waals surface area (Å²) in [5.41, 5.74) is 2.51. The highest BCUT2D eigenvalue weighted by Gasteiger charge is 2.21. The van der Waals surface area contributed by atoms with Crippen LogP contribution in [0.5, 0.6) is 11.5 Å². The molecule has 0 radical (unpaired) electrons. The topological polar surface area (TPSA) is 148 Å². The van der Waals surface area contributed by atoms with E-state index in [1.165, 1.54) is 18.2 Å². The van der Waals surface area contributed by atoms with Crippen molar-refractivity contribution < 1.29 is 28.5 Å². The van der Waals surface area contributed by atoms with Gasteiger partial charge in [-0.25, -0.2) is 8.42 Å². The number of carbonyl (C=O) groups excluding carboxylic acids is 1. The summed E-state index contributed by atoms with van der Waals surface area (Å²) in [6, 6.07) is 15.0. The minimum absolute atomic E-state index is 0.00479. The number of phenolic OH excluding ortho intramolecular Hbond substituents is 2. The second kappa shape index (κ2) is 13.1. The van der Waals surface area contributed by atoms with Crippen molar-refractivity contribution in [3.8, 4) is 11.5 Å². The third kappa shape index (κ3) is 9.57.